The van der Waals surface area contributed by atoms with E-state index >= 15 is 0 Å². The molecular weight excluding hydrogens is 258 g/mol. The van der Waals surface area contributed by atoms with E-state index in [9.17, 15) is 0 Å². The largest absolute Gasteiger partial charge is 0.496 e. The van der Waals surface area contributed by atoms with Crippen molar-refractivity contribution in [2.24, 2.45) is 0 Å². The van der Waals surface area contributed by atoms with E-state index in [2.05, 4.69) is 62.5 Å². The number of methoxy groups -OCH3 is 1. The van der Waals surface area contributed by atoms with E-state index in [-0.39, 0.29) is 6.04 Å². The van der Waals surface area contributed by atoms with E-state index in [1.165, 1.54) is 27.8 Å². The molecule has 0 aliphatic heterocycles. The van der Waals surface area contributed by atoms with Crippen LogP contribution in [-0.4, -0.2) is 14.2 Å². The number of hydrogen-bond donors (Lipinski definition) is 1. The molecule has 0 aliphatic carbocycles. The van der Waals surface area contributed by atoms with Crippen molar-refractivity contribution in [1.29, 1.82) is 0 Å². The minimum absolute atomic E-state index is 0.251. The van der Waals surface area contributed by atoms with Crippen LogP contribution >= 0.6 is 0 Å². The molecule has 0 aromatic heterocycles. The van der Waals surface area contributed by atoms with Gasteiger partial charge in [0, 0.05) is 11.6 Å². The molecule has 0 fully saturated rings. The Kier molecular flexibility index (Phi) is 5.03. The van der Waals surface area contributed by atoms with Crippen molar-refractivity contribution >= 4 is 0 Å². The molecule has 0 saturated carbocycles. The van der Waals surface area contributed by atoms with Crippen LogP contribution in [0.25, 0.3) is 0 Å². The molecule has 0 heterocycles. The van der Waals surface area contributed by atoms with Gasteiger partial charge in [0.1, 0.15) is 5.75 Å². The number of benzene rings is 2. The molecule has 2 rings (SSSR count). The number of likely N-dealkylation sites (N-methyl/N-ethyl adjacent to an activating group) is 1. The highest BCUT2D eigenvalue weighted by molar-refractivity contribution is 5.40. The normalized spacial score (nSPS) is 12.2. The average Bonchev–Trinajstić information content (AvgIpc) is 2.43. The van der Waals surface area contributed by atoms with E-state index in [0.717, 1.165) is 12.2 Å². The van der Waals surface area contributed by atoms with Crippen molar-refractivity contribution in [3.63, 3.8) is 0 Å². The molecule has 1 unspecified atom stereocenters. The Morgan fingerprint density at radius 1 is 0.952 bits per heavy atom. The van der Waals surface area contributed by atoms with Crippen molar-refractivity contribution in [2.75, 3.05) is 14.2 Å². The van der Waals surface area contributed by atoms with Gasteiger partial charge in [0.25, 0.3) is 0 Å². The van der Waals surface area contributed by atoms with Crippen molar-refractivity contribution in [2.45, 2.75) is 33.2 Å². The topological polar surface area (TPSA) is 21.3 Å². The third-order valence-electron chi connectivity index (χ3n) is 3.83. The molecule has 0 bridgehead atoms. The quantitative estimate of drug-likeness (QED) is 0.891. The fourth-order valence-electron chi connectivity index (χ4n) is 2.92. The summed E-state index contributed by atoms with van der Waals surface area (Å²) in [6.07, 6.45) is 0.957. The van der Waals surface area contributed by atoms with Crippen LogP contribution in [0.5, 0.6) is 5.75 Å². The van der Waals surface area contributed by atoms with Gasteiger partial charge in [0.15, 0.2) is 0 Å². The fraction of sp³-hybridized carbons (Fsp3) is 0.368. The van der Waals surface area contributed by atoms with E-state index in [4.69, 9.17) is 4.74 Å². The summed E-state index contributed by atoms with van der Waals surface area (Å²) < 4.78 is 5.53. The van der Waals surface area contributed by atoms with E-state index in [0.29, 0.717) is 0 Å². The molecule has 2 aromatic rings. The van der Waals surface area contributed by atoms with E-state index < -0.39 is 0 Å². The zero-order valence-corrected chi connectivity index (χ0v) is 13.7. The standard InChI is InChI=1S/C19H25NO/c1-13-6-7-19(21-5)17(11-13)18(20-4)12-16-9-14(2)8-15(3)10-16/h6-11,18,20H,12H2,1-5H3. The highest BCUT2D eigenvalue weighted by atomic mass is 16.5. The third-order valence-corrected chi connectivity index (χ3v) is 3.83. The van der Waals surface area contributed by atoms with Crippen LogP contribution in [0.3, 0.4) is 0 Å². The summed E-state index contributed by atoms with van der Waals surface area (Å²) in [5.74, 6) is 0.948. The lowest BCUT2D eigenvalue weighted by atomic mass is 9.95. The first kappa shape index (κ1) is 15.6. The van der Waals surface area contributed by atoms with Gasteiger partial charge in [0.05, 0.1) is 7.11 Å². The first-order valence-corrected chi connectivity index (χ1v) is 7.42. The van der Waals surface area contributed by atoms with Gasteiger partial charge in [-0.3, -0.25) is 0 Å². The second-order valence-corrected chi connectivity index (χ2v) is 5.79. The van der Waals surface area contributed by atoms with Crippen molar-refractivity contribution in [1.82, 2.24) is 5.32 Å². The molecule has 0 spiro atoms. The Balaban J connectivity index is 2.33. The first-order valence-electron chi connectivity index (χ1n) is 7.42. The van der Waals surface area contributed by atoms with Gasteiger partial charge >= 0.3 is 0 Å². The molecule has 21 heavy (non-hydrogen) atoms. The highest BCUT2D eigenvalue weighted by Crippen LogP contribution is 2.29. The molecular formula is C19H25NO. The summed E-state index contributed by atoms with van der Waals surface area (Å²) >= 11 is 0. The summed E-state index contributed by atoms with van der Waals surface area (Å²) in [6, 6.07) is 13.3. The van der Waals surface area contributed by atoms with Crippen molar-refractivity contribution in [3.05, 3.63) is 64.2 Å². The molecule has 2 aromatic carbocycles. The van der Waals surface area contributed by atoms with Gasteiger partial charge in [0.2, 0.25) is 0 Å². The van der Waals surface area contributed by atoms with Crippen molar-refractivity contribution < 1.29 is 4.74 Å². The third kappa shape index (κ3) is 3.85. The smallest absolute Gasteiger partial charge is 0.123 e. The Labute approximate surface area is 128 Å². The summed E-state index contributed by atoms with van der Waals surface area (Å²) in [5.41, 5.74) is 6.47. The van der Waals surface area contributed by atoms with Crippen LogP contribution in [0, 0.1) is 20.8 Å². The zero-order chi connectivity index (χ0) is 15.4. The Morgan fingerprint density at radius 3 is 2.19 bits per heavy atom. The number of nitrogens with one attached hydrogen (secondary N) is 1. The van der Waals surface area contributed by atoms with Gasteiger partial charge in [-0.05, 0) is 45.9 Å². The van der Waals surface area contributed by atoms with Crippen LogP contribution in [-0.2, 0) is 6.42 Å². The number of hydrogen-bond acceptors (Lipinski definition) is 2. The monoisotopic (exact) mass is 283 g/mol. The molecule has 1 atom stereocenters. The van der Waals surface area contributed by atoms with Gasteiger partial charge in [-0.25, -0.2) is 0 Å². The Bertz CT molecular complexity index is 599. The van der Waals surface area contributed by atoms with E-state index in [1.54, 1.807) is 7.11 Å². The SMILES string of the molecule is CNC(Cc1cc(C)cc(C)c1)c1cc(C)ccc1OC. The van der Waals surface area contributed by atoms with E-state index in [1.807, 2.05) is 7.05 Å². The molecule has 1 N–H and O–H groups in total. The maximum atomic E-state index is 5.53. The fourth-order valence-corrected chi connectivity index (χ4v) is 2.92. The lowest BCUT2D eigenvalue weighted by Gasteiger charge is -2.20. The van der Waals surface area contributed by atoms with Crippen LogP contribution < -0.4 is 10.1 Å². The molecule has 0 amide bonds. The maximum Gasteiger partial charge on any atom is 0.123 e. The number of aryl methyl sites for hydroxylation is 3. The summed E-state index contributed by atoms with van der Waals surface area (Å²) in [6.45, 7) is 6.42. The second-order valence-electron chi connectivity index (χ2n) is 5.79. The Morgan fingerprint density at radius 2 is 1.62 bits per heavy atom. The molecule has 112 valence electrons. The van der Waals surface area contributed by atoms with Crippen LogP contribution in [0.15, 0.2) is 36.4 Å². The molecule has 2 nitrogen and oxygen atoms in total. The summed E-state index contributed by atoms with van der Waals surface area (Å²) in [4.78, 5) is 0. The molecule has 2 heteroatoms. The minimum Gasteiger partial charge on any atom is -0.496 e. The van der Waals surface area contributed by atoms with Crippen LogP contribution in [0.2, 0.25) is 0 Å². The number of rotatable bonds is 5. The summed E-state index contributed by atoms with van der Waals surface area (Å²) in [7, 11) is 3.74. The predicted molar refractivity (Wildman–Crippen MR) is 89.2 cm³/mol. The molecule has 0 saturated heterocycles. The van der Waals surface area contributed by atoms with Gasteiger partial charge in [-0.1, -0.05) is 47.0 Å². The number of ether oxygens (including phenoxy) is 1. The molecule has 0 radical (unpaired) electrons. The predicted octanol–water partition coefficient (Wildman–Crippen LogP) is 4.12. The zero-order valence-electron chi connectivity index (χ0n) is 13.7. The first-order chi connectivity index (χ1) is 10.0. The van der Waals surface area contributed by atoms with Gasteiger partial charge in [-0.2, -0.15) is 0 Å². The average molecular weight is 283 g/mol. The second kappa shape index (κ2) is 6.77. The van der Waals surface area contributed by atoms with Crippen LogP contribution in [0.4, 0.5) is 0 Å². The highest BCUT2D eigenvalue weighted by Gasteiger charge is 2.15. The van der Waals surface area contributed by atoms with Gasteiger partial charge in [-0.15, -0.1) is 0 Å². The maximum absolute atomic E-state index is 5.53. The van der Waals surface area contributed by atoms with Crippen molar-refractivity contribution in [3.8, 4) is 5.75 Å². The molecule has 0 aliphatic rings. The van der Waals surface area contributed by atoms with Gasteiger partial charge < -0.3 is 10.1 Å². The van der Waals surface area contributed by atoms with Crippen LogP contribution in [0.1, 0.15) is 33.9 Å². The summed E-state index contributed by atoms with van der Waals surface area (Å²) in [5, 5.41) is 3.43. The minimum atomic E-state index is 0.251. The lowest BCUT2D eigenvalue weighted by molar-refractivity contribution is 0.401. The Hall–Kier alpha value is -1.80. The lowest BCUT2D eigenvalue weighted by Crippen LogP contribution is -2.20.